The standard InChI is InChI=1S/C16H19N5O/c22-16(8-13-7-11-4-5-12(13)6-11)18-14-2-1-3-15(9-14)21-10-17-19-20-21/h1-3,9-13H,4-8H2,(H,18,22). The zero-order valence-electron chi connectivity index (χ0n) is 12.4. The molecule has 2 saturated carbocycles. The maximum atomic E-state index is 12.3. The van der Waals surface area contributed by atoms with E-state index in [1.165, 1.54) is 32.0 Å². The van der Waals surface area contributed by atoms with E-state index in [9.17, 15) is 4.79 Å². The summed E-state index contributed by atoms with van der Waals surface area (Å²) in [5.41, 5.74) is 1.63. The molecule has 2 bridgehead atoms. The van der Waals surface area contributed by atoms with Gasteiger partial charge < -0.3 is 5.32 Å². The Morgan fingerprint density at radius 3 is 3.00 bits per heavy atom. The largest absolute Gasteiger partial charge is 0.326 e. The van der Waals surface area contributed by atoms with Crippen molar-refractivity contribution < 1.29 is 4.79 Å². The average molecular weight is 297 g/mol. The number of tetrazole rings is 1. The maximum absolute atomic E-state index is 12.3. The third-order valence-corrected chi connectivity index (χ3v) is 5.08. The molecule has 3 atom stereocenters. The zero-order chi connectivity index (χ0) is 14.9. The van der Waals surface area contributed by atoms with Crippen LogP contribution in [0.25, 0.3) is 5.69 Å². The first-order valence-corrected chi connectivity index (χ1v) is 7.91. The lowest BCUT2D eigenvalue weighted by Crippen LogP contribution is -2.20. The van der Waals surface area contributed by atoms with Crippen molar-refractivity contribution in [2.45, 2.75) is 32.1 Å². The minimum absolute atomic E-state index is 0.117. The van der Waals surface area contributed by atoms with Crippen molar-refractivity contribution in [2.75, 3.05) is 5.32 Å². The summed E-state index contributed by atoms with van der Waals surface area (Å²) in [5.74, 6) is 2.36. The number of aromatic nitrogens is 4. The van der Waals surface area contributed by atoms with Gasteiger partial charge in [0, 0.05) is 12.1 Å². The van der Waals surface area contributed by atoms with Gasteiger partial charge in [0.15, 0.2) is 0 Å². The molecule has 0 saturated heterocycles. The summed E-state index contributed by atoms with van der Waals surface area (Å²) in [5, 5.41) is 14.1. The van der Waals surface area contributed by atoms with Crippen LogP contribution in [0.5, 0.6) is 0 Å². The first-order valence-electron chi connectivity index (χ1n) is 7.91. The van der Waals surface area contributed by atoms with Crippen molar-refractivity contribution in [3.63, 3.8) is 0 Å². The van der Waals surface area contributed by atoms with Gasteiger partial charge in [0.05, 0.1) is 5.69 Å². The summed E-state index contributed by atoms with van der Waals surface area (Å²) in [7, 11) is 0. The van der Waals surface area contributed by atoms with Crippen LogP contribution in [0.3, 0.4) is 0 Å². The molecule has 2 aliphatic carbocycles. The molecule has 1 N–H and O–H groups in total. The molecule has 1 amide bonds. The van der Waals surface area contributed by atoms with E-state index >= 15 is 0 Å². The third kappa shape index (κ3) is 2.61. The summed E-state index contributed by atoms with van der Waals surface area (Å²) in [6.07, 6.45) is 7.45. The number of rotatable bonds is 4. The summed E-state index contributed by atoms with van der Waals surface area (Å²) in [6, 6.07) is 7.58. The molecule has 6 nitrogen and oxygen atoms in total. The van der Waals surface area contributed by atoms with Crippen molar-refractivity contribution in [3.05, 3.63) is 30.6 Å². The minimum Gasteiger partial charge on any atom is -0.326 e. The molecule has 1 heterocycles. The molecule has 0 radical (unpaired) electrons. The van der Waals surface area contributed by atoms with E-state index in [1.54, 1.807) is 4.68 Å². The van der Waals surface area contributed by atoms with Crippen LogP contribution in [0.1, 0.15) is 32.1 Å². The molecule has 2 aromatic rings. The van der Waals surface area contributed by atoms with Crippen molar-refractivity contribution in [3.8, 4) is 5.69 Å². The summed E-state index contributed by atoms with van der Waals surface area (Å²) in [4.78, 5) is 12.3. The van der Waals surface area contributed by atoms with Crippen molar-refractivity contribution in [1.29, 1.82) is 0 Å². The second kappa shape index (κ2) is 5.51. The topological polar surface area (TPSA) is 72.7 Å². The number of nitrogens with zero attached hydrogens (tertiary/aromatic N) is 4. The van der Waals surface area contributed by atoms with Gasteiger partial charge in [-0.25, -0.2) is 4.68 Å². The van der Waals surface area contributed by atoms with Crippen LogP contribution in [-0.2, 0) is 4.79 Å². The van der Waals surface area contributed by atoms with Gasteiger partial charge in [0.2, 0.25) is 5.91 Å². The molecule has 2 aliphatic rings. The van der Waals surface area contributed by atoms with Crippen molar-refractivity contribution >= 4 is 11.6 Å². The summed E-state index contributed by atoms with van der Waals surface area (Å²) in [6.45, 7) is 0. The van der Waals surface area contributed by atoms with Gasteiger partial charge in [-0.2, -0.15) is 0 Å². The fraction of sp³-hybridized carbons (Fsp3) is 0.500. The number of carbonyl (C=O) groups excluding carboxylic acids is 1. The lowest BCUT2D eigenvalue weighted by atomic mass is 9.86. The number of hydrogen-bond acceptors (Lipinski definition) is 4. The number of benzene rings is 1. The summed E-state index contributed by atoms with van der Waals surface area (Å²) >= 11 is 0. The average Bonchev–Trinajstić information content (AvgIpc) is 3.25. The predicted molar refractivity (Wildman–Crippen MR) is 81.3 cm³/mol. The quantitative estimate of drug-likeness (QED) is 0.940. The summed E-state index contributed by atoms with van der Waals surface area (Å²) < 4.78 is 1.57. The van der Waals surface area contributed by atoms with E-state index in [1.807, 2.05) is 24.3 Å². The van der Waals surface area contributed by atoms with Crippen LogP contribution in [0.15, 0.2) is 30.6 Å². The molecule has 6 heteroatoms. The maximum Gasteiger partial charge on any atom is 0.224 e. The van der Waals surface area contributed by atoms with Gasteiger partial charge in [0.1, 0.15) is 6.33 Å². The molecule has 0 aliphatic heterocycles. The highest BCUT2D eigenvalue weighted by molar-refractivity contribution is 5.91. The highest BCUT2D eigenvalue weighted by Gasteiger charge is 2.40. The Balaban J connectivity index is 1.40. The molecule has 114 valence electrons. The molecule has 1 aromatic carbocycles. The second-order valence-electron chi connectivity index (χ2n) is 6.49. The second-order valence-corrected chi connectivity index (χ2v) is 6.49. The van der Waals surface area contributed by atoms with Crippen LogP contribution in [-0.4, -0.2) is 26.1 Å². The van der Waals surface area contributed by atoms with E-state index in [0.29, 0.717) is 12.3 Å². The van der Waals surface area contributed by atoms with E-state index in [4.69, 9.17) is 0 Å². The van der Waals surface area contributed by atoms with E-state index < -0.39 is 0 Å². The van der Waals surface area contributed by atoms with E-state index in [-0.39, 0.29) is 5.91 Å². The predicted octanol–water partition coefficient (Wildman–Crippen LogP) is 2.43. The Bertz CT molecular complexity index is 669. The van der Waals surface area contributed by atoms with Crippen LogP contribution < -0.4 is 5.32 Å². The van der Waals surface area contributed by atoms with Gasteiger partial charge in [-0.3, -0.25) is 4.79 Å². The molecule has 0 spiro atoms. The van der Waals surface area contributed by atoms with Gasteiger partial charge in [-0.1, -0.05) is 12.5 Å². The lowest BCUT2D eigenvalue weighted by Gasteiger charge is -2.20. The van der Waals surface area contributed by atoms with Crippen molar-refractivity contribution in [2.24, 2.45) is 17.8 Å². The Morgan fingerprint density at radius 2 is 2.27 bits per heavy atom. The molecule has 2 fully saturated rings. The van der Waals surface area contributed by atoms with Crippen LogP contribution in [0, 0.1) is 17.8 Å². The lowest BCUT2D eigenvalue weighted by molar-refractivity contribution is -0.117. The molecular formula is C16H19N5O. The van der Waals surface area contributed by atoms with Gasteiger partial charge >= 0.3 is 0 Å². The number of amides is 1. The monoisotopic (exact) mass is 297 g/mol. The van der Waals surface area contributed by atoms with Crippen LogP contribution in [0.2, 0.25) is 0 Å². The number of hydrogen-bond donors (Lipinski definition) is 1. The molecule has 22 heavy (non-hydrogen) atoms. The van der Waals surface area contributed by atoms with Crippen LogP contribution >= 0.6 is 0 Å². The van der Waals surface area contributed by atoms with Gasteiger partial charge in [-0.15, -0.1) is 5.10 Å². The zero-order valence-corrected chi connectivity index (χ0v) is 12.4. The first kappa shape index (κ1) is 13.4. The normalized spacial score (nSPS) is 26.3. The molecule has 4 rings (SSSR count). The Morgan fingerprint density at radius 1 is 1.32 bits per heavy atom. The third-order valence-electron chi connectivity index (χ3n) is 5.08. The minimum atomic E-state index is 0.117. The van der Waals surface area contributed by atoms with Crippen molar-refractivity contribution in [1.82, 2.24) is 20.2 Å². The van der Waals surface area contributed by atoms with Gasteiger partial charge in [0.25, 0.3) is 0 Å². The fourth-order valence-electron chi connectivity index (χ4n) is 4.08. The number of anilines is 1. The molecular weight excluding hydrogens is 278 g/mol. The SMILES string of the molecule is O=C(CC1CC2CCC1C2)Nc1cccc(-n2cnnn2)c1. The Hall–Kier alpha value is -2.24. The Kier molecular flexibility index (Phi) is 3.36. The number of nitrogens with one attached hydrogen (secondary N) is 1. The molecule has 1 aromatic heterocycles. The van der Waals surface area contributed by atoms with E-state index in [0.717, 1.165) is 23.2 Å². The fourth-order valence-corrected chi connectivity index (χ4v) is 4.08. The number of fused-ring (bicyclic) bond motifs is 2. The first-order chi connectivity index (χ1) is 10.8. The van der Waals surface area contributed by atoms with E-state index in [2.05, 4.69) is 20.8 Å². The van der Waals surface area contributed by atoms with Crippen LogP contribution in [0.4, 0.5) is 5.69 Å². The smallest absolute Gasteiger partial charge is 0.224 e. The molecule has 3 unspecified atom stereocenters. The van der Waals surface area contributed by atoms with Gasteiger partial charge in [-0.05, 0) is 65.6 Å². The highest BCUT2D eigenvalue weighted by atomic mass is 16.1. The number of carbonyl (C=O) groups is 1. The highest BCUT2D eigenvalue weighted by Crippen LogP contribution is 2.49. The Labute approximate surface area is 128 Å².